The van der Waals surface area contributed by atoms with Crippen LogP contribution in [0.5, 0.6) is 0 Å². The lowest BCUT2D eigenvalue weighted by Crippen LogP contribution is -2.51. The van der Waals surface area contributed by atoms with Gasteiger partial charge < -0.3 is 14.2 Å². The van der Waals surface area contributed by atoms with Crippen molar-refractivity contribution in [1.29, 1.82) is 0 Å². The highest BCUT2D eigenvalue weighted by atomic mass is 31.1. The molecule has 0 spiro atoms. The molecule has 0 radical (unpaired) electrons. The molecule has 0 saturated carbocycles. The summed E-state index contributed by atoms with van der Waals surface area (Å²) < 4.78 is 16.8. The molecule has 76 valence electrons. The third kappa shape index (κ3) is 2.04. The lowest BCUT2D eigenvalue weighted by molar-refractivity contribution is -0.236. The summed E-state index contributed by atoms with van der Waals surface area (Å²) in [6.45, 7) is 4.86. The van der Waals surface area contributed by atoms with Crippen molar-refractivity contribution in [2.75, 3.05) is 26.0 Å². The summed E-state index contributed by atoms with van der Waals surface area (Å²) in [5.74, 6) is 0. The summed E-state index contributed by atoms with van der Waals surface area (Å²) in [6.07, 6.45) is 3.86. The minimum absolute atomic E-state index is 0.0379. The minimum Gasteiger partial charge on any atom is -0.368 e. The number of rotatable bonds is 1. The maximum atomic E-state index is 5.78. The van der Waals surface area contributed by atoms with E-state index in [0.717, 1.165) is 12.8 Å². The number of hydrogen-bond donors (Lipinski definition) is 0. The monoisotopic (exact) mass is 204 g/mol. The molecule has 2 aliphatic rings. The van der Waals surface area contributed by atoms with Gasteiger partial charge in [-0.2, -0.15) is 0 Å². The molecule has 2 fully saturated rings. The fraction of sp³-hybridized carbons (Fsp3) is 1.00. The fourth-order valence-corrected chi connectivity index (χ4v) is 3.40. The summed E-state index contributed by atoms with van der Waals surface area (Å²) in [4.78, 5) is 0. The zero-order valence-electron chi connectivity index (χ0n) is 8.23. The lowest BCUT2D eigenvalue weighted by Gasteiger charge is -2.42. The van der Waals surface area contributed by atoms with E-state index in [4.69, 9.17) is 14.2 Å². The Morgan fingerprint density at radius 2 is 2.15 bits per heavy atom. The zero-order valence-corrected chi connectivity index (χ0v) is 9.13. The van der Waals surface area contributed by atoms with Gasteiger partial charge in [0.1, 0.15) is 12.9 Å². The third-order valence-electron chi connectivity index (χ3n) is 2.68. The van der Waals surface area contributed by atoms with Crippen LogP contribution in [0.4, 0.5) is 0 Å². The number of hydrogen-bond acceptors (Lipinski definition) is 3. The molecule has 0 aromatic carbocycles. The Morgan fingerprint density at radius 1 is 1.31 bits per heavy atom. The highest BCUT2D eigenvalue weighted by Crippen LogP contribution is 2.40. The van der Waals surface area contributed by atoms with E-state index in [-0.39, 0.29) is 20.1 Å². The summed E-state index contributed by atoms with van der Waals surface area (Å²) >= 11 is 0. The predicted molar refractivity (Wildman–Crippen MR) is 52.4 cm³/mol. The summed E-state index contributed by atoms with van der Waals surface area (Å²) in [7, 11) is 0.0379. The summed E-state index contributed by atoms with van der Waals surface area (Å²) in [5.41, 5.74) is 0. The van der Waals surface area contributed by atoms with E-state index in [1.54, 1.807) is 0 Å². The zero-order chi connectivity index (χ0) is 9.26. The molecule has 4 heteroatoms. The van der Waals surface area contributed by atoms with Gasteiger partial charge in [0.2, 0.25) is 0 Å². The van der Waals surface area contributed by atoms with Crippen LogP contribution in [-0.2, 0) is 14.2 Å². The van der Waals surface area contributed by atoms with Crippen LogP contribution in [0.2, 0.25) is 0 Å². The predicted octanol–water partition coefficient (Wildman–Crippen LogP) is 1.61. The molecule has 0 bridgehead atoms. The first-order valence-corrected chi connectivity index (χ1v) is 7.00. The molecule has 2 aliphatic heterocycles. The van der Waals surface area contributed by atoms with Gasteiger partial charge in [-0.15, -0.1) is 0 Å². The second-order valence-electron chi connectivity index (χ2n) is 3.74. The highest BCUT2D eigenvalue weighted by molar-refractivity contribution is 7.56. The highest BCUT2D eigenvalue weighted by Gasteiger charge is 2.38. The van der Waals surface area contributed by atoms with Crippen molar-refractivity contribution in [2.45, 2.75) is 31.7 Å². The van der Waals surface area contributed by atoms with E-state index in [2.05, 4.69) is 13.6 Å². The van der Waals surface area contributed by atoms with Crippen LogP contribution in [0.3, 0.4) is 0 Å². The molecular formula is C9H17O3P. The van der Waals surface area contributed by atoms with Gasteiger partial charge in [0, 0.05) is 0 Å². The van der Waals surface area contributed by atoms with Crippen LogP contribution >= 0.6 is 7.92 Å². The lowest BCUT2D eigenvalue weighted by atomic mass is 10.1. The molecule has 0 amide bonds. The van der Waals surface area contributed by atoms with Gasteiger partial charge >= 0.3 is 0 Å². The molecular weight excluding hydrogens is 187 g/mol. The van der Waals surface area contributed by atoms with Gasteiger partial charge in [-0.25, -0.2) is 0 Å². The van der Waals surface area contributed by atoms with Gasteiger partial charge in [-0.3, -0.25) is 0 Å². The average Bonchev–Trinajstić information content (AvgIpc) is 2.16. The van der Waals surface area contributed by atoms with Crippen molar-refractivity contribution in [1.82, 2.24) is 0 Å². The van der Waals surface area contributed by atoms with Crippen molar-refractivity contribution in [2.24, 2.45) is 0 Å². The quantitative estimate of drug-likeness (QED) is 0.607. The van der Waals surface area contributed by atoms with E-state index in [9.17, 15) is 0 Å². The normalized spacial score (nSPS) is 45.7. The molecule has 2 rings (SSSR count). The van der Waals surface area contributed by atoms with Gasteiger partial charge in [-0.05, 0) is 19.2 Å². The molecule has 4 atom stereocenters. The van der Waals surface area contributed by atoms with E-state index < -0.39 is 0 Å². The average molecular weight is 204 g/mol. The Hall–Kier alpha value is 0.310. The fourth-order valence-electron chi connectivity index (χ4n) is 1.94. The summed E-state index contributed by atoms with van der Waals surface area (Å²) in [5, 5.41) is 0. The van der Waals surface area contributed by atoms with E-state index in [1.807, 2.05) is 0 Å². The third-order valence-corrected chi connectivity index (χ3v) is 4.25. The van der Waals surface area contributed by atoms with Crippen LogP contribution in [0, 0.1) is 0 Å². The molecule has 0 aromatic heterocycles. The van der Waals surface area contributed by atoms with Crippen LogP contribution in [-0.4, -0.2) is 44.3 Å². The summed E-state index contributed by atoms with van der Waals surface area (Å²) in [6, 6.07) is 0. The molecule has 13 heavy (non-hydrogen) atoms. The Balaban J connectivity index is 1.99. The molecule has 0 aromatic rings. The molecule has 2 saturated heterocycles. The smallest absolute Gasteiger partial charge is 0.147 e. The topological polar surface area (TPSA) is 27.7 Å². The van der Waals surface area contributed by atoms with E-state index >= 15 is 0 Å². The van der Waals surface area contributed by atoms with Gasteiger partial charge in [0.25, 0.3) is 0 Å². The van der Waals surface area contributed by atoms with Crippen LogP contribution < -0.4 is 0 Å². The second-order valence-corrected chi connectivity index (χ2v) is 6.07. The first kappa shape index (κ1) is 9.85. The van der Waals surface area contributed by atoms with E-state index in [1.165, 1.54) is 6.16 Å². The van der Waals surface area contributed by atoms with Crippen LogP contribution in [0.1, 0.15) is 13.3 Å². The van der Waals surface area contributed by atoms with Crippen molar-refractivity contribution in [3.63, 3.8) is 0 Å². The standard InChI is InChI=1S/C9H17O3P/c1-3-7-9-8(11-5-10-7)4-13(2)6-12-9/h7-9H,3-6H2,1-2H3/t7-,8?,9?,13?/m1/s1. The Morgan fingerprint density at radius 3 is 2.92 bits per heavy atom. The molecule has 0 N–H and O–H groups in total. The molecule has 3 unspecified atom stereocenters. The van der Waals surface area contributed by atoms with Crippen molar-refractivity contribution in [3.8, 4) is 0 Å². The largest absolute Gasteiger partial charge is 0.368 e. The number of fused-ring (bicyclic) bond motifs is 1. The first-order chi connectivity index (χ1) is 6.31. The molecule has 3 nitrogen and oxygen atoms in total. The Kier molecular flexibility index (Phi) is 3.20. The SMILES string of the molecule is CC[C@H]1OCOC2CP(C)COC21. The van der Waals surface area contributed by atoms with Gasteiger partial charge in [0.15, 0.2) is 0 Å². The van der Waals surface area contributed by atoms with E-state index in [0.29, 0.717) is 12.9 Å². The Labute approximate surface area is 80.5 Å². The molecule has 2 heterocycles. The van der Waals surface area contributed by atoms with Gasteiger partial charge in [0.05, 0.1) is 18.6 Å². The van der Waals surface area contributed by atoms with Gasteiger partial charge in [-0.1, -0.05) is 14.8 Å². The first-order valence-electron chi connectivity index (χ1n) is 4.84. The van der Waals surface area contributed by atoms with Crippen molar-refractivity contribution < 1.29 is 14.2 Å². The Bertz CT molecular complexity index is 176. The molecule has 0 aliphatic carbocycles. The maximum Gasteiger partial charge on any atom is 0.147 e. The van der Waals surface area contributed by atoms with Crippen molar-refractivity contribution in [3.05, 3.63) is 0 Å². The van der Waals surface area contributed by atoms with Crippen LogP contribution in [0.15, 0.2) is 0 Å². The van der Waals surface area contributed by atoms with Crippen LogP contribution in [0.25, 0.3) is 0 Å². The maximum absolute atomic E-state index is 5.78. The minimum atomic E-state index is 0.0379. The van der Waals surface area contributed by atoms with Crippen molar-refractivity contribution >= 4 is 7.92 Å². The second kappa shape index (κ2) is 4.22. The number of ether oxygens (including phenoxy) is 3.